The van der Waals surface area contributed by atoms with Gasteiger partial charge in [0.05, 0.1) is 5.56 Å². The SMILES string of the molecule is CC(C)CCCC(NN)c1ccccc1C(F)(F)F. The third-order valence-electron chi connectivity index (χ3n) is 3.12. The highest BCUT2D eigenvalue weighted by Crippen LogP contribution is 2.35. The van der Waals surface area contributed by atoms with Crippen LogP contribution < -0.4 is 11.3 Å². The van der Waals surface area contributed by atoms with Crippen LogP contribution in [0.5, 0.6) is 0 Å². The fourth-order valence-electron chi connectivity index (χ4n) is 2.12. The first kappa shape index (κ1) is 16.0. The Morgan fingerprint density at radius 3 is 2.32 bits per heavy atom. The Kier molecular flexibility index (Phi) is 5.82. The van der Waals surface area contributed by atoms with E-state index < -0.39 is 17.8 Å². The predicted octanol–water partition coefficient (Wildman–Crippen LogP) is 4.04. The van der Waals surface area contributed by atoms with Gasteiger partial charge in [0.1, 0.15) is 0 Å². The van der Waals surface area contributed by atoms with Crippen molar-refractivity contribution in [2.24, 2.45) is 11.8 Å². The monoisotopic (exact) mass is 274 g/mol. The highest BCUT2D eigenvalue weighted by atomic mass is 19.4. The minimum atomic E-state index is -4.34. The third kappa shape index (κ3) is 4.84. The normalized spacial score (nSPS) is 13.8. The van der Waals surface area contributed by atoms with Crippen LogP contribution in [0.1, 0.15) is 50.3 Å². The molecule has 0 bridgehead atoms. The maximum absolute atomic E-state index is 12.9. The zero-order valence-corrected chi connectivity index (χ0v) is 11.3. The highest BCUT2D eigenvalue weighted by Gasteiger charge is 2.34. The average Bonchev–Trinajstić information content (AvgIpc) is 2.33. The van der Waals surface area contributed by atoms with Crippen LogP contribution in [0.4, 0.5) is 13.2 Å². The van der Waals surface area contributed by atoms with E-state index in [0.717, 1.165) is 18.9 Å². The predicted molar refractivity (Wildman–Crippen MR) is 70.2 cm³/mol. The fraction of sp³-hybridized carbons (Fsp3) is 0.571. The van der Waals surface area contributed by atoms with E-state index in [0.29, 0.717) is 12.3 Å². The summed E-state index contributed by atoms with van der Waals surface area (Å²) in [5, 5.41) is 0. The Morgan fingerprint density at radius 2 is 1.79 bits per heavy atom. The molecular weight excluding hydrogens is 253 g/mol. The lowest BCUT2D eigenvalue weighted by molar-refractivity contribution is -0.138. The molecule has 1 aromatic carbocycles. The molecule has 0 amide bonds. The number of rotatable bonds is 6. The van der Waals surface area contributed by atoms with Crippen molar-refractivity contribution in [1.29, 1.82) is 0 Å². The van der Waals surface area contributed by atoms with E-state index in [9.17, 15) is 13.2 Å². The molecule has 0 saturated carbocycles. The van der Waals surface area contributed by atoms with Gasteiger partial charge in [0.2, 0.25) is 0 Å². The van der Waals surface area contributed by atoms with Gasteiger partial charge in [-0.2, -0.15) is 13.2 Å². The van der Waals surface area contributed by atoms with E-state index in [1.165, 1.54) is 12.1 Å². The van der Waals surface area contributed by atoms with Gasteiger partial charge in [0.15, 0.2) is 0 Å². The number of nitrogens with one attached hydrogen (secondary N) is 1. The highest BCUT2D eigenvalue weighted by molar-refractivity contribution is 5.32. The third-order valence-corrected chi connectivity index (χ3v) is 3.12. The first-order valence-corrected chi connectivity index (χ1v) is 6.48. The summed E-state index contributed by atoms with van der Waals surface area (Å²) in [5.74, 6) is 5.95. The summed E-state index contributed by atoms with van der Waals surface area (Å²) < 4.78 is 38.8. The Balaban J connectivity index is 2.86. The molecule has 19 heavy (non-hydrogen) atoms. The van der Waals surface area contributed by atoms with Crippen LogP contribution in [-0.2, 0) is 6.18 Å². The van der Waals surface area contributed by atoms with Gasteiger partial charge in [-0.25, -0.2) is 0 Å². The molecule has 0 aliphatic carbocycles. The van der Waals surface area contributed by atoms with E-state index in [2.05, 4.69) is 19.3 Å². The van der Waals surface area contributed by atoms with Gasteiger partial charge >= 0.3 is 6.18 Å². The van der Waals surface area contributed by atoms with Crippen LogP contribution in [0, 0.1) is 5.92 Å². The number of nitrogens with two attached hydrogens (primary N) is 1. The average molecular weight is 274 g/mol. The molecule has 3 N–H and O–H groups in total. The van der Waals surface area contributed by atoms with Gasteiger partial charge in [0.25, 0.3) is 0 Å². The molecule has 0 heterocycles. The second kappa shape index (κ2) is 6.91. The smallest absolute Gasteiger partial charge is 0.271 e. The molecule has 1 atom stereocenters. The second-order valence-corrected chi connectivity index (χ2v) is 5.13. The lowest BCUT2D eigenvalue weighted by Gasteiger charge is -2.21. The van der Waals surface area contributed by atoms with Crippen molar-refractivity contribution >= 4 is 0 Å². The number of hydrogen-bond donors (Lipinski definition) is 2. The molecule has 0 saturated heterocycles. The molecular formula is C14H21F3N2. The number of halogens is 3. The molecule has 0 aromatic heterocycles. The van der Waals surface area contributed by atoms with Gasteiger partial charge in [-0.3, -0.25) is 11.3 Å². The number of benzene rings is 1. The zero-order chi connectivity index (χ0) is 14.5. The zero-order valence-electron chi connectivity index (χ0n) is 11.3. The summed E-state index contributed by atoms with van der Waals surface area (Å²) >= 11 is 0. The van der Waals surface area contributed by atoms with E-state index in [1.54, 1.807) is 6.07 Å². The summed E-state index contributed by atoms with van der Waals surface area (Å²) in [5.41, 5.74) is 2.12. The lowest BCUT2D eigenvalue weighted by Crippen LogP contribution is -2.29. The number of alkyl halides is 3. The molecule has 108 valence electrons. The van der Waals surface area contributed by atoms with E-state index in [1.807, 2.05) is 0 Å². The minimum Gasteiger partial charge on any atom is -0.271 e. The maximum atomic E-state index is 12.9. The fourth-order valence-corrected chi connectivity index (χ4v) is 2.12. The molecule has 0 fully saturated rings. The molecule has 1 aromatic rings. The first-order chi connectivity index (χ1) is 8.86. The van der Waals surface area contributed by atoms with E-state index in [4.69, 9.17) is 5.84 Å². The Labute approximate surface area is 112 Å². The van der Waals surface area contributed by atoms with Crippen LogP contribution in [0.3, 0.4) is 0 Å². The van der Waals surface area contributed by atoms with Crippen molar-refractivity contribution in [1.82, 2.24) is 5.43 Å². The van der Waals surface area contributed by atoms with E-state index in [-0.39, 0.29) is 5.56 Å². The van der Waals surface area contributed by atoms with Crippen LogP contribution in [0.15, 0.2) is 24.3 Å². The number of hydrogen-bond acceptors (Lipinski definition) is 2. The summed E-state index contributed by atoms with van der Waals surface area (Å²) in [4.78, 5) is 0. The van der Waals surface area contributed by atoms with Crippen molar-refractivity contribution in [2.45, 2.75) is 45.3 Å². The van der Waals surface area contributed by atoms with Crippen molar-refractivity contribution < 1.29 is 13.2 Å². The topological polar surface area (TPSA) is 38.0 Å². The molecule has 0 spiro atoms. The van der Waals surface area contributed by atoms with Crippen LogP contribution in [0.2, 0.25) is 0 Å². The second-order valence-electron chi connectivity index (χ2n) is 5.13. The van der Waals surface area contributed by atoms with Crippen molar-refractivity contribution in [3.8, 4) is 0 Å². The van der Waals surface area contributed by atoms with Gasteiger partial charge < -0.3 is 0 Å². The molecule has 0 aliphatic rings. The van der Waals surface area contributed by atoms with Gasteiger partial charge in [-0.15, -0.1) is 0 Å². The van der Waals surface area contributed by atoms with Crippen molar-refractivity contribution in [2.75, 3.05) is 0 Å². The molecule has 1 unspecified atom stereocenters. The van der Waals surface area contributed by atoms with Gasteiger partial charge in [-0.05, 0) is 24.0 Å². The lowest BCUT2D eigenvalue weighted by atomic mass is 9.95. The van der Waals surface area contributed by atoms with Crippen LogP contribution in [-0.4, -0.2) is 0 Å². The molecule has 0 aliphatic heterocycles. The summed E-state index contributed by atoms with van der Waals surface area (Å²) in [6.07, 6.45) is -1.92. The molecule has 2 nitrogen and oxygen atoms in total. The standard InChI is InChI=1S/C14H21F3N2/c1-10(2)6-5-9-13(19-18)11-7-3-4-8-12(11)14(15,16)17/h3-4,7-8,10,13,19H,5-6,9,18H2,1-2H3. The van der Waals surface area contributed by atoms with Gasteiger partial charge in [0, 0.05) is 6.04 Å². The van der Waals surface area contributed by atoms with E-state index >= 15 is 0 Å². The van der Waals surface area contributed by atoms with Crippen LogP contribution in [0.25, 0.3) is 0 Å². The first-order valence-electron chi connectivity index (χ1n) is 6.48. The van der Waals surface area contributed by atoms with Crippen molar-refractivity contribution in [3.05, 3.63) is 35.4 Å². The van der Waals surface area contributed by atoms with Gasteiger partial charge in [-0.1, -0.05) is 44.9 Å². The summed E-state index contributed by atoms with van der Waals surface area (Å²) in [7, 11) is 0. The van der Waals surface area contributed by atoms with Crippen LogP contribution >= 0.6 is 0 Å². The Bertz CT molecular complexity index is 389. The minimum absolute atomic E-state index is 0.223. The Morgan fingerprint density at radius 1 is 1.16 bits per heavy atom. The molecule has 0 radical (unpaired) electrons. The van der Waals surface area contributed by atoms with Crippen molar-refractivity contribution in [3.63, 3.8) is 0 Å². The molecule has 5 heteroatoms. The quantitative estimate of drug-likeness (QED) is 0.607. The maximum Gasteiger partial charge on any atom is 0.416 e. The molecule has 1 rings (SSSR count). The Hall–Kier alpha value is -1.07. The summed E-state index contributed by atoms with van der Waals surface area (Å²) in [6.45, 7) is 4.18. The summed E-state index contributed by atoms with van der Waals surface area (Å²) in [6, 6.07) is 5.13. The largest absolute Gasteiger partial charge is 0.416 e. The number of hydrazine groups is 1.